The standard InChI is InChI=1S/C51H78O3/c1-5-8-10-12-14-15-16-17-18-19-20-21-22-23-25-27-42-53-43(4)44-30-32-46(33-31-44)47-34-36-49(37-35-47)51(52)54-50-40-38-48(39-41-50)45(28-7-3)29-26-24-13-11-9-6-2/h30-41,43,45H,5-29,42H2,1-4H3. The third-order valence-corrected chi connectivity index (χ3v) is 11.3. The second kappa shape index (κ2) is 29.4. The Balaban J connectivity index is 1.29. The molecule has 0 bridgehead atoms. The van der Waals surface area contributed by atoms with Crippen molar-refractivity contribution in [3.8, 4) is 16.9 Å². The summed E-state index contributed by atoms with van der Waals surface area (Å²) in [7, 11) is 0. The van der Waals surface area contributed by atoms with Gasteiger partial charge in [-0.3, -0.25) is 0 Å². The van der Waals surface area contributed by atoms with E-state index in [1.54, 1.807) is 0 Å². The van der Waals surface area contributed by atoms with E-state index in [2.05, 4.69) is 64.1 Å². The minimum atomic E-state index is -0.322. The Bertz CT molecular complexity index is 1330. The van der Waals surface area contributed by atoms with Gasteiger partial charge in [-0.15, -0.1) is 0 Å². The third kappa shape index (κ3) is 19.1. The lowest BCUT2D eigenvalue weighted by atomic mass is 9.89. The predicted molar refractivity (Wildman–Crippen MR) is 233 cm³/mol. The Morgan fingerprint density at radius 3 is 1.37 bits per heavy atom. The first kappa shape index (κ1) is 45.5. The van der Waals surface area contributed by atoms with E-state index in [4.69, 9.17) is 9.47 Å². The first-order valence-corrected chi connectivity index (χ1v) is 22.7. The van der Waals surface area contributed by atoms with E-state index in [9.17, 15) is 4.79 Å². The van der Waals surface area contributed by atoms with E-state index >= 15 is 0 Å². The van der Waals surface area contributed by atoms with Crippen molar-refractivity contribution < 1.29 is 14.3 Å². The van der Waals surface area contributed by atoms with E-state index in [1.165, 1.54) is 165 Å². The Kier molecular flexibility index (Phi) is 24.8. The van der Waals surface area contributed by atoms with Gasteiger partial charge in [-0.05, 0) is 78.6 Å². The van der Waals surface area contributed by atoms with Crippen LogP contribution in [0.4, 0.5) is 0 Å². The van der Waals surface area contributed by atoms with Crippen LogP contribution in [0.2, 0.25) is 0 Å². The molecule has 0 saturated carbocycles. The maximum atomic E-state index is 13.0. The van der Waals surface area contributed by atoms with Crippen LogP contribution in [-0.4, -0.2) is 12.6 Å². The van der Waals surface area contributed by atoms with Crippen LogP contribution in [0.5, 0.6) is 5.75 Å². The van der Waals surface area contributed by atoms with Gasteiger partial charge in [0, 0.05) is 6.61 Å². The van der Waals surface area contributed by atoms with Gasteiger partial charge in [-0.2, -0.15) is 0 Å². The molecule has 0 N–H and O–H groups in total. The molecule has 0 aliphatic rings. The molecule has 0 aliphatic heterocycles. The molecule has 0 amide bonds. The van der Waals surface area contributed by atoms with E-state index in [0.29, 0.717) is 17.2 Å². The first-order valence-electron chi connectivity index (χ1n) is 22.7. The number of esters is 1. The summed E-state index contributed by atoms with van der Waals surface area (Å²) in [6.07, 6.45) is 33.8. The highest BCUT2D eigenvalue weighted by Crippen LogP contribution is 2.30. The maximum Gasteiger partial charge on any atom is 0.343 e. The summed E-state index contributed by atoms with van der Waals surface area (Å²) in [5, 5.41) is 0. The van der Waals surface area contributed by atoms with E-state index in [1.807, 2.05) is 36.4 Å². The van der Waals surface area contributed by atoms with E-state index < -0.39 is 0 Å². The van der Waals surface area contributed by atoms with Crippen molar-refractivity contribution >= 4 is 5.97 Å². The van der Waals surface area contributed by atoms with Crippen LogP contribution in [-0.2, 0) is 4.74 Å². The zero-order valence-electron chi connectivity index (χ0n) is 35.2. The van der Waals surface area contributed by atoms with Crippen molar-refractivity contribution in [3.63, 3.8) is 0 Å². The fourth-order valence-electron chi connectivity index (χ4n) is 7.72. The zero-order chi connectivity index (χ0) is 38.5. The van der Waals surface area contributed by atoms with Crippen molar-refractivity contribution in [1.29, 1.82) is 0 Å². The summed E-state index contributed by atoms with van der Waals surface area (Å²) in [5.41, 5.74) is 5.32. The van der Waals surface area contributed by atoms with Crippen LogP contribution in [0.15, 0.2) is 72.8 Å². The molecule has 3 rings (SSSR count). The lowest BCUT2D eigenvalue weighted by molar-refractivity contribution is 0.0627. The van der Waals surface area contributed by atoms with Crippen LogP contribution in [0.25, 0.3) is 11.1 Å². The molecule has 0 heterocycles. The van der Waals surface area contributed by atoms with E-state index in [0.717, 1.165) is 24.2 Å². The smallest absolute Gasteiger partial charge is 0.343 e. The molecule has 0 saturated heterocycles. The number of carbonyl (C=O) groups is 1. The van der Waals surface area contributed by atoms with Crippen LogP contribution in [0.3, 0.4) is 0 Å². The van der Waals surface area contributed by atoms with Gasteiger partial charge in [-0.25, -0.2) is 4.79 Å². The lowest BCUT2D eigenvalue weighted by Crippen LogP contribution is -2.08. The minimum absolute atomic E-state index is 0.0828. The molecule has 0 aliphatic carbocycles. The number of unbranched alkanes of at least 4 members (excludes halogenated alkanes) is 20. The zero-order valence-corrected chi connectivity index (χ0v) is 35.2. The van der Waals surface area contributed by atoms with Gasteiger partial charge in [0.25, 0.3) is 0 Å². The largest absolute Gasteiger partial charge is 0.423 e. The fourth-order valence-corrected chi connectivity index (χ4v) is 7.72. The minimum Gasteiger partial charge on any atom is -0.423 e. The first-order chi connectivity index (χ1) is 26.5. The SMILES string of the molecule is CCCCCCCCCCCCCCCCCCOC(C)c1ccc(-c2ccc(C(=O)Oc3ccc(C(CCC)CCCCCCCC)cc3)cc2)cc1. The molecule has 2 atom stereocenters. The summed E-state index contributed by atoms with van der Waals surface area (Å²) >= 11 is 0. The molecule has 0 spiro atoms. The quantitative estimate of drug-likeness (QED) is 0.0363. The lowest BCUT2D eigenvalue weighted by Gasteiger charge is -2.17. The molecule has 3 nitrogen and oxygen atoms in total. The Hall–Kier alpha value is -2.91. The Morgan fingerprint density at radius 1 is 0.463 bits per heavy atom. The Labute approximate surface area is 332 Å². The number of benzene rings is 3. The summed E-state index contributed by atoms with van der Waals surface area (Å²) in [6, 6.07) is 24.6. The van der Waals surface area contributed by atoms with Crippen LogP contribution >= 0.6 is 0 Å². The van der Waals surface area contributed by atoms with Crippen LogP contribution < -0.4 is 4.74 Å². The van der Waals surface area contributed by atoms with Gasteiger partial charge < -0.3 is 9.47 Å². The molecular weight excluding hydrogens is 661 g/mol. The highest BCUT2D eigenvalue weighted by Gasteiger charge is 2.13. The van der Waals surface area contributed by atoms with Crippen LogP contribution in [0, 0.1) is 0 Å². The fraction of sp³-hybridized carbons (Fsp3) is 0.627. The normalized spacial score (nSPS) is 12.5. The number of hydrogen-bond acceptors (Lipinski definition) is 3. The molecule has 3 heteroatoms. The second-order valence-corrected chi connectivity index (χ2v) is 16.0. The highest BCUT2D eigenvalue weighted by molar-refractivity contribution is 5.91. The van der Waals surface area contributed by atoms with Crippen molar-refractivity contribution in [2.24, 2.45) is 0 Å². The second-order valence-electron chi connectivity index (χ2n) is 16.0. The molecule has 3 aromatic rings. The van der Waals surface area contributed by atoms with Gasteiger partial charge in [0.2, 0.25) is 0 Å². The molecule has 0 aromatic heterocycles. The molecule has 2 unspecified atom stereocenters. The monoisotopic (exact) mass is 739 g/mol. The molecule has 54 heavy (non-hydrogen) atoms. The average molecular weight is 739 g/mol. The maximum absolute atomic E-state index is 13.0. The number of rotatable bonds is 32. The highest BCUT2D eigenvalue weighted by atomic mass is 16.5. The van der Waals surface area contributed by atoms with Crippen molar-refractivity contribution in [3.05, 3.63) is 89.5 Å². The average Bonchev–Trinajstić information content (AvgIpc) is 3.20. The number of ether oxygens (including phenoxy) is 2. The van der Waals surface area contributed by atoms with E-state index in [-0.39, 0.29) is 12.1 Å². The predicted octanol–water partition coefficient (Wildman–Crippen LogP) is 16.5. The summed E-state index contributed by atoms with van der Waals surface area (Å²) in [4.78, 5) is 13.0. The van der Waals surface area contributed by atoms with Gasteiger partial charge in [0.05, 0.1) is 11.7 Å². The summed E-state index contributed by atoms with van der Waals surface area (Å²) < 4.78 is 12.0. The van der Waals surface area contributed by atoms with Crippen molar-refractivity contribution in [2.45, 2.75) is 200 Å². The van der Waals surface area contributed by atoms with Gasteiger partial charge >= 0.3 is 5.97 Å². The molecule has 3 aromatic carbocycles. The van der Waals surface area contributed by atoms with Crippen LogP contribution in [0.1, 0.15) is 222 Å². The van der Waals surface area contributed by atoms with Crippen molar-refractivity contribution in [2.75, 3.05) is 6.61 Å². The van der Waals surface area contributed by atoms with Gasteiger partial charge in [0.1, 0.15) is 5.75 Å². The molecule has 0 radical (unpaired) electrons. The number of hydrogen-bond donors (Lipinski definition) is 0. The third-order valence-electron chi connectivity index (χ3n) is 11.3. The van der Waals surface area contributed by atoms with Gasteiger partial charge in [-0.1, -0.05) is 211 Å². The molecule has 300 valence electrons. The summed E-state index contributed by atoms with van der Waals surface area (Å²) in [6.45, 7) is 9.80. The topological polar surface area (TPSA) is 35.5 Å². The molecular formula is C51H78O3. The Morgan fingerprint density at radius 2 is 0.889 bits per heavy atom. The summed E-state index contributed by atoms with van der Waals surface area (Å²) in [5.74, 6) is 0.860. The van der Waals surface area contributed by atoms with Crippen molar-refractivity contribution in [1.82, 2.24) is 0 Å². The molecule has 0 fully saturated rings. The number of carbonyl (C=O) groups excluding carboxylic acids is 1. The van der Waals surface area contributed by atoms with Gasteiger partial charge in [0.15, 0.2) is 0 Å².